The second kappa shape index (κ2) is 7.11. The molecule has 1 aliphatic heterocycles. The molecule has 1 aliphatic rings. The van der Waals surface area contributed by atoms with Crippen molar-refractivity contribution in [3.8, 4) is 5.75 Å². The lowest BCUT2D eigenvalue weighted by Gasteiger charge is -2.32. The van der Waals surface area contributed by atoms with Gasteiger partial charge in [0.2, 0.25) is 5.91 Å². The van der Waals surface area contributed by atoms with Crippen LogP contribution in [0.1, 0.15) is 6.42 Å². The fourth-order valence-corrected chi connectivity index (χ4v) is 2.02. The SMILES string of the molecule is NCC1CN(C(=O)CCOc2ccccc2)CCO1. The van der Waals surface area contributed by atoms with E-state index in [0.29, 0.717) is 39.3 Å². The van der Waals surface area contributed by atoms with Gasteiger partial charge >= 0.3 is 0 Å². The molecule has 0 aromatic heterocycles. The Morgan fingerprint density at radius 3 is 2.95 bits per heavy atom. The average Bonchev–Trinajstić information content (AvgIpc) is 2.48. The van der Waals surface area contributed by atoms with Crippen LogP contribution in [-0.4, -0.2) is 49.8 Å². The highest BCUT2D eigenvalue weighted by Crippen LogP contribution is 2.10. The third-order valence-electron chi connectivity index (χ3n) is 3.08. The van der Waals surface area contributed by atoms with Crippen LogP contribution >= 0.6 is 0 Å². The second-order valence-corrected chi connectivity index (χ2v) is 4.48. The van der Waals surface area contributed by atoms with E-state index < -0.39 is 0 Å². The fourth-order valence-electron chi connectivity index (χ4n) is 2.02. The Bertz CT molecular complexity index is 397. The molecule has 2 N–H and O–H groups in total. The van der Waals surface area contributed by atoms with Crippen molar-refractivity contribution >= 4 is 5.91 Å². The number of benzene rings is 1. The quantitative estimate of drug-likeness (QED) is 0.847. The zero-order valence-electron chi connectivity index (χ0n) is 11.0. The Balaban J connectivity index is 1.72. The molecular weight excluding hydrogens is 244 g/mol. The highest BCUT2D eigenvalue weighted by atomic mass is 16.5. The van der Waals surface area contributed by atoms with Gasteiger partial charge in [-0.1, -0.05) is 18.2 Å². The molecule has 104 valence electrons. The van der Waals surface area contributed by atoms with Crippen molar-refractivity contribution < 1.29 is 14.3 Å². The third-order valence-corrected chi connectivity index (χ3v) is 3.08. The van der Waals surface area contributed by atoms with E-state index in [1.165, 1.54) is 0 Å². The summed E-state index contributed by atoms with van der Waals surface area (Å²) < 4.78 is 10.9. The summed E-state index contributed by atoms with van der Waals surface area (Å²) in [4.78, 5) is 13.8. The van der Waals surface area contributed by atoms with E-state index in [-0.39, 0.29) is 12.0 Å². The number of nitrogens with zero attached hydrogens (tertiary/aromatic N) is 1. The first-order chi connectivity index (χ1) is 9.29. The lowest BCUT2D eigenvalue weighted by atomic mass is 10.2. The van der Waals surface area contributed by atoms with Crippen molar-refractivity contribution in [2.24, 2.45) is 5.73 Å². The van der Waals surface area contributed by atoms with Crippen LogP contribution in [0.3, 0.4) is 0 Å². The average molecular weight is 264 g/mol. The van der Waals surface area contributed by atoms with Crippen molar-refractivity contribution in [2.75, 3.05) is 32.8 Å². The minimum Gasteiger partial charge on any atom is -0.493 e. The largest absolute Gasteiger partial charge is 0.493 e. The first-order valence-electron chi connectivity index (χ1n) is 6.57. The molecule has 1 atom stereocenters. The zero-order chi connectivity index (χ0) is 13.5. The van der Waals surface area contributed by atoms with Gasteiger partial charge < -0.3 is 20.1 Å². The van der Waals surface area contributed by atoms with Gasteiger partial charge in [0.05, 0.1) is 25.7 Å². The van der Waals surface area contributed by atoms with Gasteiger partial charge in [-0.25, -0.2) is 0 Å². The number of morpholine rings is 1. The summed E-state index contributed by atoms with van der Waals surface area (Å²) in [6.07, 6.45) is 0.347. The van der Waals surface area contributed by atoms with Crippen LogP contribution in [0.2, 0.25) is 0 Å². The van der Waals surface area contributed by atoms with E-state index in [1.807, 2.05) is 30.3 Å². The van der Waals surface area contributed by atoms with Gasteiger partial charge in [-0.2, -0.15) is 0 Å². The van der Waals surface area contributed by atoms with E-state index in [0.717, 1.165) is 5.75 Å². The van der Waals surface area contributed by atoms with Crippen molar-refractivity contribution in [3.63, 3.8) is 0 Å². The maximum Gasteiger partial charge on any atom is 0.226 e. The Morgan fingerprint density at radius 2 is 2.21 bits per heavy atom. The number of ether oxygens (including phenoxy) is 2. The summed E-state index contributed by atoms with van der Waals surface area (Å²) in [5, 5.41) is 0. The molecule has 1 saturated heterocycles. The number of amides is 1. The van der Waals surface area contributed by atoms with Gasteiger partial charge in [-0.05, 0) is 12.1 Å². The van der Waals surface area contributed by atoms with Crippen LogP contribution in [0.15, 0.2) is 30.3 Å². The van der Waals surface area contributed by atoms with Crippen molar-refractivity contribution in [3.05, 3.63) is 30.3 Å². The summed E-state index contributed by atoms with van der Waals surface area (Å²) in [5.41, 5.74) is 5.55. The molecule has 2 rings (SSSR count). The van der Waals surface area contributed by atoms with Gasteiger partial charge in [0, 0.05) is 19.6 Å². The van der Waals surface area contributed by atoms with Crippen LogP contribution in [-0.2, 0) is 9.53 Å². The van der Waals surface area contributed by atoms with Gasteiger partial charge in [0.1, 0.15) is 5.75 Å². The van der Waals surface area contributed by atoms with Gasteiger partial charge in [0.25, 0.3) is 0 Å². The van der Waals surface area contributed by atoms with Gasteiger partial charge in [0.15, 0.2) is 0 Å². The normalized spacial score (nSPS) is 19.2. The molecule has 1 heterocycles. The van der Waals surface area contributed by atoms with Gasteiger partial charge in [-0.3, -0.25) is 4.79 Å². The van der Waals surface area contributed by atoms with Crippen LogP contribution < -0.4 is 10.5 Å². The lowest BCUT2D eigenvalue weighted by molar-refractivity contribution is -0.138. The molecule has 1 aromatic carbocycles. The third kappa shape index (κ3) is 4.22. The number of nitrogens with two attached hydrogens (primary N) is 1. The van der Waals surface area contributed by atoms with Crippen molar-refractivity contribution in [1.29, 1.82) is 0 Å². The number of hydrogen-bond acceptors (Lipinski definition) is 4. The Hall–Kier alpha value is -1.59. The molecule has 0 radical (unpaired) electrons. The number of carbonyl (C=O) groups excluding carboxylic acids is 1. The minimum absolute atomic E-state index is 0.0345. The molecular formula is C14H20N2O3. The van der Waals surface area contributed by atoms with Crippen molar-refractivity contribution in [1.82, 2.24) is 4.90 Å². The molecule has 1 amide bonds. The monoisotopic (exact) mass is 264 g/mol. The standard InChI is InChI=1S/C14H20N2O3/c15-10-13-11-16(7-9-19-13)14(17)6-8-18-12-4-2-1-3-5-12/h1-5,13H,6-11,15H2. The Morgan fingerprint density at radius 1 is 1.42 bits per heavy atom. The van der Waals surface area contributed by atoms with Crippen LogP contribution in [0, 0.1) is 0 Å². The maximum absolute atomic E-state index is 12.0. The van der Waals surface area contributed by atoms with E-state index in [9.17, 15) is 4.79 Å². The fraction of sp³-hybridized carbons (Fsp3) is 0.500. The van der Waals surface area contributed by atoms with E-state index >= 15 is 0 Å². The van der Waals surface area contributed by atoms with Crippen LogP contribution in [0.25, 0.3) is 0 Å². The molecule has 0 saturated carbocycles. The predicted molar refractivity (Wildman–Crippen MR) is 71.9 cm³/mol. The molecule has 1 aromatic rings. The Labute approximate surface area is 113 Å². The predicted octanol–water partition coefficient (Wildman–Crippen LogP) is 0.642. The minimum atomic E-state index is -0.0345. The molecule has 0 bridgehead atoms. The molecule has 1 fully saturated rings. The topological polar surface area (TPSA) is 64.8 Å². The molecule has 0 spiro atoms. The van der Waals surface area contributed by atoms with E-state index in [1.54, 1.807) is 4.90 Å². The molecule has 5 nitrogen and oxygen atoms in total. The molecule has 0 aliphatic carbocycles. The molecule has 5 heteroatoms. The zero-order valence-corrected chi connectivity index (χ0v) is 11.0. The maximum atomic E-state index is 12.0. The van der Waals surface area contributed by atoms with Crippen molar-refractivity contribution in [2.45, 2.75) is 12.5 Å². The number of hydrogen-bond donors (Lipinski definition) is 1. The van der Waals surface area contributed by atoms with Crippen LogP contribution in [0.5, 0.6) is 5.75 Å². The molecule has 1 unspecified atom stereocenters. The first-order valence-corrected chi connectivity index (χ1v) is 6.57. The van der Waals surface area contributed by atoms with Gasteiger partial charge in [-0.15, -0.1) is 0 Å². The van der Waals surface area contributed by atoms with E-state index in [4.69, 9.17) is 15.2 Å². The first kappa shape index (κ1) is 13.8. The summed E-state index contributed by atoms with van der Waals surface area (Å²) >= 11 is 0. The van der Waals surface area contributed by atoms with Crippen LogP contribution in [0.4, 0.5) is 0 Å². The summed E-state index contributed by atoms with van der Waals surface area (Å²) in [6.45, 7) is 2.63. The number of para-hydroxylation sites is 1. The summed E-state index contributed by atoms with van der Waals surface area (Å²) in [5.74, 6) is 0.884. The Kier molecular flexibility index (Phi) is 5.18. The summed E-state index contributed by atoms with van der Waals surface area (Å²) in [6, 6.07) is 9.50. The smallest absolute Gasteiger partial charge is 0.226 e. The highest BCUT2D eigenvalue weighted by molar-refractivity contribution is 5.76. The molecule has 19 heavy (non-hydrogen) atoms. The van der Waals surface area contributed by atoms with E-state index in [2.05, 4.69) is 0 Å². The summed E-state index contributed by atoms with van der Waals surface area (Å²) in [7, 11) is 0. The number of carbonyl (C=O) groups is 1. The number of rotatable bonds is 5. The lowest BCUT2D eigenvalue weighted by Crippen LogP contribution is -2.48. The highest BCUT2D eigenvalue weighted by Gasteiger charge is 2.22. The second-order valence-electron chi connectivity index (χ2n) is 4.48.